The largest absolute Gasteiger partial charge is 0.481 e. The Morgan fingerprint density at radius 1 is 1.18 bits per heavy atom. The molecule has 1 aliphatic carbocycles. The Hall–Kier alpha value is -3.48. The Bertz CT molecular complexity index is 1230. The summed E-state index contributed by atoms with van der Waals surface area (Å²) in [5.74, 6) is -4.27. The van der Waals surface area contributed by atoms with E-state index in [0.717, 1.165) is 11.1 Å². The van der Waals surface area contributed by atoms with Gasteiger partial charge in [-0.25, -0.2) is 4.79 Å². The number of ether oxygens (including phenoxy) is 3. The van der Waals surface area contributed by atoms with Gasteiger partial charge in [0.05, 0.1) is 36.9 Å². The first-order chi connectivity index (χ1) is 18.4. The van der Waals surface area contributed by atoms with Crippen LogP contribution in [0.1, 0.15) is 55.7 Å². The number of aliphatic hydroxyl groups excluding tert-OH is 1. The highest BCUT2D eigenvalue weighted by atomic mass is 16.6. The topological polar surface area (TPSA) is 180 Å². The number of aryl methyl sites for hydroxylation is 1. The van der Waals surface area contributed by atoms with Crippen molar-refractivity contribution in [2.75, 3.05) is 13.6 Å². The van der Waals surface area contributed by atoms with Gasteiger partial charge in [-0.2, -0.15) is 0 Å². The summed E-state index contributed by atoms with van der Waals surface area (Å²) in [6, 6.07) is 3.37. The first-order valence-corrected chi connectivity index (χ1v) is 12.7. The number of carbonyl (C=O) groups excluding carboxylic acids is 2. The predicted octanol–water partition coefficient (Wildman–Crippen LogP) is 1.02. The van der Waals surface area contributed by atoms with E-state index in [9.17, 15) is 29.4 Å². The number of likely N-dealkylation sites (tertiary alicyclic amines) is 1. The highest BCUT2D eigenvalue weighted by Crippen LogP contribution is 2.61. The average Bonchev–Trinajstić information content (AvgIpc) is 3.24. The number of fused-ring (bicyclic) bond motifs is 1. The molecule has 1 fully saturated rings. The summed E-state index contributed by atoms with van der Waals surface area (Å²) in [6.07, 6.45) is -2.34. The fourth-order valence-corrected chi connectivity index (χ4v) is 6.14. The van der Waals surface area contributed by atoms with E-state index in [0.29, 0.717) is 24.3 Å². The van der Waals surface area contributed by atoms with Gasteiger partial charge in [-0.3, -0.25) is 14.4 Å². The predicted molar refractivity (Wildman–Crippen MR) is 133 cm³/mol. The average molecular weight is 548 g/mol. The number of rotatable bonds is 9. The Labute approximate surface area is 224 Å². The van der Waals surface area contributed by atoms with Crippen LogP contribution in [-0.2, 0) is 40.7 Å². The molecule has 5 atom stereocenters. The number of carboxylic acid groups (broad SMARTS) is 2. The van der Waals surface area contributed by atoms with Crippen molar-refractivity contribution in [2.45, 2.75) is 81.8 Å². The molecule has 1 aromatic carbocycles. The lowest BCUT2D eigenvalue weighted by Crippen LogP contribution is -2.71. The number of nitrogens with zero attached hydrogens (tertiary/aromatic N) is 1. The summed E-state index contributed by atoms with van der Waals surface area (Å²) >= 11 is 0. The summed E-state index contributed by atoms with van der Waals surface area (Å²) in [5, 5.41) is 40.0. The van der Waals surface area contributed by atoms with Crippen molar-refractivity contribution in [1.29, 1.82) is 0 Å². The molecule has 39 heavy (non-hydrogen) atoms. The third kappa shape index (κ3) is 4.77. The second-order valence-corrected chi connectivity index (χ2v) is 10.4. The molecule has 0 radical (unpaired) electrons. The van der Waals surface area contributed by atoms with E-state index in [1.54, 1.807) is 12.1 Å². The maximum atomic E-state index is 12.8. The van der Waals surface area contributed by atoms with Crippen LogP contribution >= 0.6 is 0 Å². The molecule has 1 aromatic rings. The van der Waals surface area contributed by atoms with E-state index in [1.807, 2.05) is 27.0 Å². The van der Waals surface area contributed by atoms with Crippen LogP contribution in [0.5, 0.6) is 5.75 Å². The molecule has 4 rings (SSSR count). The third-order valence-electron chi connectivity index (χ3n) is 8.28. The molecule has 0 amide bonds. The van der Waals surface area contributed by atoms with Crippen LogP contribution in [0.4, 0.5) is 0 Å². The minimum atomic E-state index is -1.87. The second-order valence-electron chi connectivity index (χ2n) is 10.4. The number of aliphatic carboxylic acids is 2. The number of piperidine rings is 1. The normalized spacial score (nSPS) is 28.2. The number of aliphatic hydroxyl groups is 2. The molecule has 0 unspecified atom stereocenters. The molecule has 1 saturated heterocycles. The zero-order chi connectivity index (χ0) is 28.7. The summed E-state index contributed by atoms with van der Waals surface area (Å²) < 4.78 is 16.7. The number of hydrogen-bond donors (Lipinski definition) is 4. The van der Waals surface area contributed by atoms with Gasteiger partial charge in [0.15, 0.2) is 6.10 Å². The zero-order valence-corrected chi connectivity index (χ0v) is 22.0. The van der Waals surface area contributed by atoms with E-state index in [1.165, 1.54) is 0 Å². The van der Waals surface area contributed by atoms with Crippen molar-refractivity contribution in [3.05, 3.63) is 40.7 Å². The number of carboxylic acids is 2. The molecule has 2 aliphatic heterocycles. The van der Waals surface area contributed by atoms with Crippen LogP contribution in [0, 0.1) is 6.92 Å². The first-order valence-electron chi connectivity index (χ1n) is 12.7. The highest BCUT2D eigenvalue weighted by molar-refractivity contribution is 5.84. The SMILES string of the molecule is Cc1ccc(CO)c2c1[C@]13CCN(C)[C@H](C)[C@]1(O)CC=C(OC(=O)CCC(=O)O[C@@H](CC(=O)O)C(=O)O)[C@@H]3O2. The van der Waals surface area contributed by atoms with Gasteiger partial charge in [0, 0.05) is 23.6 Å². The standard InChI is InChI=1S/C27H33NO11/c1-14-4-5-16(13-29)23-22(14)26-10-11-28(3)15(2)27(26,36)9-8-17(24(26)39-23)37-20(32)6-7-21(33)38-18(25(34)35)12-19(30)31/h4-5,8,15,18,24,29,36H,6-7,9-13H2,1-3H3,(H,30,31)(H,34,35)/t15-,18+,24+,26+,27-/m1/s1. The van der Waals surface area contributed by atoms with Gasteiger partial charge in [-0.1, -0.05) is 12.1 Å². The fourth-order valence-electron chi connectivity index (χ4n) is 6.14. The summed E-state index contributed by atoms with van der Waals surface area (Å²) in [6.45, 7) is 4.21. The molecule has 0 saturated carbocycles. The Kier molecular flexibility index (Phi) is 7.75. The molecule has 4 N–H and O–H groups in total. The van der Waals surface area contributed by atoms with Gasteiger partial charge in [-0.05, 0) is 45.5 Å². The highest BCUT2D eigenvalue weighted by Gasteiger charge is 2.69. The van der Waals surface area contributed by atoms with Gasteiger partial charge in [0.2, 0.25) is 6.10 Å². The van der Waals surface area contributed by atoms with Crippen molar-refractivity contribution in [2.24, 2.45) is 0 Å². The summed E-state index contributed by atoms with van der Waals surface area (Å²) in [4.78, 5) is 48.8. The fraction of sp³-hybridized carbons (Fsp3) is 0.556. The van der Waals surface area contributed by atoms with Crippen molar-refractivity contribution in [3.8, 4) is 5.75 Å². The van der Waals surface area contributed by atoms with E-state index in [-0.39, 0.29) is 24.8 Å². The molecule has 212 valence electrons. The van der Waals surface area contributed by atoms with Crippen molar-refractivity contribution in [3.63, 3.8) is 0 Å². The lowest BCUT2D eigenvalue weighted by molar-refractivity contribution is -0.168. The third-order valence-corrected chi connectivity index (χ3v) is 8.28. The van der Waals surface area contributed by atoms with Crippen molar-refractivity contribution in [1.82, 2.24) is 4.90 Å². The maximum absolute atomic E-state index is 12.8. The molecule has 0 aromatic heterocycles. The minimum absolute atomic E-state index is 0.167. The molecule has 12 heteroatoms. The quantitative estimate of drug-likeness (QED) is 0.323. The summed E-state index contributed by atoms with van der Waals surface area (Å²) in [7, 11) is 1.93. The molecular weight excluding hydrogens is 514 g/mol. The molecule has 0 bridgehead atoms. The van der Waals surface area contributed by atoms with E-state index in [2.05, 4.69) is 4.90 Å². The van der Waals surface area contributed by atoms with Crippen LogP contribution in [0.2, 0.25) is 0 Å². The van der Waals surface area contributed by atoms with E-state index in [4.69, 9.17) is 24.4 Å². The lowest BCUT2D eigenvalue weighted by Gasteiger charge is -2.58. The second kappa shape index (κ2) is 10.6. The van der Waals surface area contributed by atoms with Crippen LogP contribution in [0.3, 0.4) is 0 Å². The number of likely N-dealkylation sites (N-methyl/N-ethyl adjacent to an activating group) is 1. The Balaban J connectivity index is 1.57. The Morgan fingerprint density at radius 2 is 1.87 bits per heavy atom. The van der Waals surface area contributed by atoms with Crippen LogP contribution in [0.25, 0.3) is 0 Å². The van der Waals surface area contributed by atoms with Gasteiger partial charge in [-0.15, -0.1) is 0 Å². The van der Waals surface area contributed by atoms with Crippen molar-refractivity contribution >= 4 is 23.9 Å². The van der Waals surface area contributed by atoms with E-state index >= 15 is 0 Å². The maximum Gasteiger partial charge on any atom is 0.345 e. The number of hydrogen-bond acceptors (Lipinski definition) is 10. The Morgan fingerprint density at radius 3 is 2.51 bits per heavy atom. The van der Waals surface area contributed by atoms with Gasteiger partial charge in [0.1, 0.15) is 11.5 Å². The zero-order valence-electron chi connectivity index (χ0n) is 22.0. The number of esters is 2. The minimum Gasteiger partial charge on any atom is -0.481 e. The number of carbonyl (C=O) groups is 4. The van der Waals surface area contributed by atoms with E-state index < -0.39 is 66.4 Å². The van der Waals surface area contributed by atoms with Crippen LogP contribution in [-0.4, -0.2) is 86.6 Å². The van der Waals surface area contributed by atoms with Crippen molar-refractivity contribution < 1.29 is 53.8 Å². The van der Waals surface area contributed by atoms with Crippen LogP contribution < -0.4 is 4.74 Å². The van der Waals surface area contributed by atoms with Crippen LogP contribution in [0.15, 0.2) is 24.0 Å². The summed E-state index contributed by atoms with van der Waals surface area (Å²) in [5.41, 5.74) is -0.0199. The van der Waals surface area contributed by atoms with Gasteiger partial charge >= 0.3 is 23.9 Å². The molecular formula is C27H33NO11. The molecule has 12 nitrogen and oxygen atoms in total. The smallest absolute Gasteiger partial charge is 0.345 e. The van der Waals surface area contributed by atoms with Gasteiger partial charge in [0.25, 0.3) is 0 Å². The first kappa shape index (κ1) is 28.5. The molecule has 1 spiro atoms. The monoisotopic (exact) mass is 547 g/mol. The molecule has 2 heterocycles. The molecule has 3 aliphatic rings. The van der Waals surface area contributed by atoms with Gasteiger partial charge < -0.3 is 39.5 Å². The lowest BCUT2D eigenvalue weighted by atomic mass is 9.54. The number of benzene rings is 1.